The summed E-state index contributed by atoms with van der Waals surface area (Å²) in [6.07, 6.45) is 5.89. The number of nitrogens with one attached hydrogen (secondary N) is 1. The lowest BCUT2D eigenvalue weighted by Crippen LogP contribution is -2.15. The third-order valence-electron chi connectivity index (χ3n) is 3.56. The van der Waals surface area contributed by atoms with Crippen LogP contribution in [0, 0.1) is 11.6 Å². The first-order valence-corrected chi connectivity index (χ1v) is 7.03. The van der Waals surface area contributed by atoms with Gasteiger partial charge in [-0.25, -0.2) is 8.78 Å². The minimum atomic E-state index is -0.830. The van der Waals surface area contributed by atoms with Crippen molar-refractivity contribution in [2.45, 2.75) is 32.0 Å². The highest BCUT2D eigenvalue weighted by Crippen LogP contribution is 2.16. The fraction of sp³-hybridized carbons (Fsp3) is 0.400. The fourth-order valence-corrected chi connectivity index (χ4v) is 2.43. The SMILES string of the molecule is Fc1cccc(CNc2cnn(CC3CCCO3)c2)c1F. The molecular weight excluding hydrogens is 276 g/mol. The van der Waals surface area contributed by atoms with Gasteiger partial charge in [0.15, 0.2) is 11.6 Å². The second-order valence-electron chi connectivity index (χ2n) is 5.15. The molecule has 0 bridgehead atoms. The molecule has 1 fully saturated rings. The number of hydrogen-bond donors (Lipinski definition) is 1. The average molecular weight is 293 g/mol. The highest BCUT2D eigenvalue weighted by molar-refractivity contribution is 5.39. The Bertz CT molecular complexity index is 609. The van der Waals surface area contributed by atoms with E-state index in [1.54, 1.807) is 16.9 Å². The van der Waals surface area contributed by atoms with Crippen LogP contribution in [0.25, 0.3) is 0 Å². The fourth-order valence-electron chi connectivity index (χ4n) is 2.43. The monoisotopic (exact) mass is 293 g/mol. The predicted octanol–water partition coefficient (Wildman–Crippen LogP) is 2.95. The molecule has 3 rings (SSSR count). The first-order chi connectivity index (χ1) is 10.2. The van der Waals surface area contributed by atoms with Crippen molar-refractivity contribution >= 4 is 5.69 Å². The van der Waals surface area contributed by atoms with Gasteiger partial charge in [-0.15, -0.1) is 0 Å². The van der Waals surface area contributed by atoms with Gasteiger partial charge in [0.05, 0.1) is 24.5 Å². The molecule has 6 heteroatoms. The lowest BCUT2D eigenvalue weighted by atomic mass is 10.2. The summed E-state index contributed by atoms with van der Waals surface area (Å²) in [6, 6.07) is 4.16. The molecule has 1 atom stereocenters. The summed E-state index contributed by atoms with van der Waals surface area (Å²) in [7, 11) is 0. The molecule has 1 aromatic heterocycles. The van der Waals surface area contributed by atoms with Gasteiger partial charge in [0.25, 0.3) is 0 Å². The molecule has 21 heavy (non-hydrogen) atoms. The minimum absolute atomic E-state index is 0.217. The topological polar surface area (TPSA) is 39.1 Å². The van der Waals surface area contributed by atoms with Gasteiger partial charge >= 0.3 is 0 Å². The molecule has 0 aliphatic carbocycles. The van der Waals surface area contributed by atoms with Crippen LogP contribution in [0.15, 0.2) is 30.6 Å². The van der Waals surface area contributed by atoms with E-state index in [0.717, 1.165) is 37.7 Å². The normalized spacial score (nSPS) is 18.1. The second kappa shape index (κ2) is 6.22. The van der Waals surface area contributed by atoms with E-state index in [9.17, 15) is 8.78 Å². The smallest absolute Gasteiger partial charge is 0.163 e. The van der Waals surface area contributed by atoms with E-state index >= 15 is 0 Å². The van der Waals surface area contributed by atoms with E-state index in [-0.39, 0.29) is 12.6 Å². The van der Waals surface area contributed by atoms with Gasteiger partial charge in [-0.3, -0.25) is 4.68 Å². The molecule has 0 amide bonds. The van der Waals surface area contributed by atoms with Gasteiger partial charge in [0.2, 0.25) is 0 Å². The van der Waals surface area contributed by atoms with Crippen molar-refractivity contribution in [1.82, 2.24) is 9.78 Å². The van der Waals surface area contributed by atoms with Crippen LogP contribution in [-0.4, -0.2) is 22.5 Å². The molecule has 0 spiro atoms. The maximum Gasteiger partial charge on any atom is 0.163 e. The first kappa shape index (κ1) is 14.0. The Morgan fingerprint density at radius 2 is 2.29 bits per heavy atom. The predicted molar refractivity (Wildman–Crippen MR) is 74.9 cm³/mol. The van der Waals surface area contributed by atoms with E-state index in [4.69, 9.17) is 4.74 Å². The van der Waals surface area contributed by atoms with Crippen LogP contribution in [0.1, 0.15) is 18.4 Å². The van der Waals surface area contributed by atoms with Crippen molar-refractivity contribution in [3.63, 3.8) is 0 Å². The molecule has 2 heterocycles. The molecule has 1 aromatic carbocycles. The number of nitrogens with zero attached hydrogens (tertiary/aromatic N) is 2. The highest BCUT2D eigenvalue weighted by Gasteiger charge is 2.16. The van der Waals surface area contributed by atoms with Crippen LogP contribution in [-0.2, 0) is 17.8 Å². The molecule has 4 nitrogen and oxygen atoms in total. The Kier molecular flexibility index (Phi) is 4.15. The van der Waals surface area contributed by atoms with E-state index in [1.807, 2.05) is 6.20 Å². The van der Waals surface area contributed by atoms with E-state index in [1.165, 1.54) is 6.07 Å². The van der Waals surface area contributed by atoms with Crippen LogP contribution in [0.3, 0.4) is 0 Å². The van der Waals surface area contributed by atoms with E-state index in [0.29, 0.717) is 5.56 Å². The van der Waals surface area contributed by atoms with Gasteiger partial charge < -0.3 is 10.1 Å². The number of aromatic nitrogens is 2. The summed E-state index contributed by atoms with van der Waals surface area (Å²) in [5.41, 5.74) is 1.07. The number of anilines is 1. The molecular formula is C15H17F2N3O. The molecule has 2 aromatic rings. The Morgan fingerprint density at radius 3 is 3.10 bits per heavy atom. The van der Waals surface area contributed by atoms with E-state index < -0.39 is 11.6 Å². The van der Waals surface area contributed by atoms with Gasteiger partial charge in [-0.05, 0) is 18.9 Å². The molecule has 1 aliphatic rings. The Balaban J connectivity index is 1.58. The zero-order chi connectivity index (χ0) is 14.7. The third kappa shape index (κ3) is 3.39. The quantitative estimate of drug-likeness (QED) is 0.921. The maximum absolute atomic E-state index is 13.5. The molecule has 1 saturated heterocycles. The van der Waals surface area contributed by atoms with Crippen molar-refractivity contribution in [1.29, 1.82) is 0 Å². The maximum atomic E-state index is 13.5. The number of benzene rings is 1. The number of halogens is 2. The van der Waals surface area contributed by atoms with Crippen molar-refractivity contribution in [2.24, 2.45) is 0 Å². The van der Waals surface area contributed by atoms with Crippen molar-refractivity contribution in [3.8, 4) is 0 Å². The summed E-state index contributed by atoms with van der Waals surface area (Å²) >= 11 is 0. The van der Waals surface area contributed by atoms with Crippen molar-refractivity contribution in [3.05, 3.63) is 47.8 Å². The lowest BCUT2D eigenvalue weighted by molar-refractivity contribution is 0.0940. The molecule has 0 saturated carbocycles. The van der Waals surface area contributed by atoms with Gasteiger partial charge in [-0.1, -0.05) is 12.1 Å². The standard InChI is InChI=1S/C15H17F2N3O/c16-14-5-1-3-11(15(14)17)7-18-12-8-19-20(9-12)10-13-4-2-6-21-13/h1,3,5,8-9,13,18H,2,4,6-7,10H2. The largest absolute Gasteiger partial charge is 0.378 e. The van der Waals surface area contributed by atoms with Gasteiger partial charge in [0, 0.05) is 24.9 Å². The highest BCUT2D eigenvalue weighted by atomic mass is 19.2. The zero-order valence-electron chi connectivity index (χ0n) is 11.6. The van der Waals surface area contributed by atoms with Crippen molar-refractivity contribution < 1.29 is 13.5 Å². The summed E-state index contributed by atoms with van der Waals surface area (Å²) < 4.78 is 34.0. The lowest BCUT2D eigenvalue weighted by Gasteiger charge is -2.08. The van der Waals surface area contributed by atoms with Crippen molar-refractivity contribution in [2.75, 3.05) is 11.9 Å². The molecule has 1 unspecified atom stereocenters. The Morgan fingerprint density at radius 1 is 1.38 bits per heavy atom. The molecule has 0 radical (unpaired) electrons. The number of hydrogen-bond acceptors (Lipinski definition) is 3. The summed E-state index contributed by atoms with van der Waals surface area (Å²) in [6.45, 7) is 1.75. The second-order valence-corrected chi connectivity index (χ2v) is 5.15. The van der Waals surface area contributed by atoms with Crippen LogP contribution in [0.4, 0.5) is 14.5 Å². The Hall–Kier alpha value is -1.95. The summed E-state index contributed by atoms with van der Waals surface area (Å²) in [5, 5.41) is 7.28. The molecule has 1 aliphatic heterocycles. The van der Waals surface area contributed by atoms with Gasteiger partial charge in [-0.2, -0.15) is 5.10 Å². The Labute approximate surface area is 121 Å². The minimum Gasteiger partial charge on any atom is -0.378 e. The summed E-state index contributed by atoms with van der Waals surface area (Å²) in [4.78, 5) is 0. The van der Waals surface area contributed by atoms with Crippen LogP contribution >= 0.6 is 0 Å². The van der Waals surface area contributed by atoms with Crippen LogP contribution in [0.5, 0.6) is 0 Å². The zero-order valence-corrected chi connectivity index (χ0v) is 11.6. The molecule has 1 N–H and O–H groups in total. The number of ether oxygens (including phenoxy) is 1. The molecule has 112 valence electrons. The number of rotatable bonds is 5. The third-order valence-corrected chi connectivity index (χ3v) is 3.56. The summed E-state index contributed by atoms with van der Waals surface area (Å²) in [5.74, 6) is -1.64. The van der Waals surface area contributed by atoms with Crippen LogP contribution < -0.4 is 5.32 Å². The first-order valence-electron chi connectivity index (χ1n) is 7.03. The van der Waals surface area contributed by atoms with Crippen LogP contribution in [0.2, 0.25) is 0 Å². The average Bonchev–Trinajstić information content (AvgIpc) is 3.13. The van der Waals surface area contributed by atoms with Gasteiger partial charge in [0.1, 0.15) is 0 Å². The van der Waals surface area contributed by atoms with E-state index in [2.05, 4.69) is 10.4 Å².